The molecule has 4 atom stereocenters. The van der Waals surface area contributed by atoms with Crippen molar-refractivity contribution in [2.24, 2.45) is 0 Å². The van der Waals surface area contributed by atoms with Crippen molar-refractivity contribution >= 4 is 34.5 Å². The van der Waals surface area contributed by atoms with Crippen LogP contribution < -0.4 is 0 Å². The van der Waals surface area contributed by atoms with Gasteiger partial charge in [-0.2, -0.15) is 0 Å². The maximum absolute atomic E-state index is 11.0. The number of hydrogen-bond acceptors (Lipinski definition) is 6. The molecule has 0 bridgehead atoms. The Kier molecular flexibility index (Phi) is 5.60. The Hall–Kier alpha value is -0.410. The smallest absolute Gasteiger partial charge is 0.303 e. The molecule has 98 valence electrons. The highest BCUT2D eigenvalue weighted by Gasteiger charge is 2.41. The molecule has 1 fully saturated rings. The lowest BCUT2D eigenvalue weighted by Gasteiger charge is -2.38. The van der Waals surface area contributed by atoms with E-state index in [1.165, 1.54) is 13.8 Å². The van der Waals surface area contributed by atoms with Crippen LogP contribution in [-0.2, 0) is 23.8 Å². The summed E-state index contributed by atoms with van der Waals surface area (Å²) >= 11 is 2.05. The standard InChI is InChI=1S/C10H15IO6/c1-5(12)15-7-3-9(14)17-8(4-11)10(7)16-6(2)13/h7-10,14H,3-4H2,1-2H3/t7-,8-,9?,10+/m1/s1. The van der Waals surface area contributed by atoms with Gasteiger partial charge in [0.1, 0.15) is 12.2 Å². The number of carbonyl (C=O) groups excluding carboxylic acids is 2. The Morgan fingerprint density at radius 1 is 1.35 bits per heavy atom. The number of halogens is 1. The van der Waals surface area contributed by atoms with E-state index >= 15 is 0 Å². The largest absolute Gasteiger partial charge is 0.458 e. The van der Waals surface area contributed by atoms with Gasteiger partial charge >= 0.3 is 11.9 Å². The minimum atomic E-state index is -1.01. The van der Waals surface area contributed by atoms with Gasteiger partial charge in [0.25, 0.3) is 0 Å². The minimum absolute atomic E-state index is 0.102. The van der Waals surface area contributed by atoms with Crippen molar-refractivity contribution in [2.45, 2.75) is 44.9 Å². The molecule has 0 aromatic heterocycles. The third-order valence-electron chi connectivity index (χ3n) is 2.27. The molecule has 0 spiro atoms. The second kappa shape index (κ2) is 6.50. The van der Waals surface area contributed by atoms with E-state index in [1.807, 2.05) is 0 Å². The lowest BCUT2D eigenvalue weighted by atomic mass is 10.0. The highest BCUT2D eigenvalue weighted by atomic mass is 127. The molecule has 0 radical (unpaired) electrons. The van der Waals surface area contributed by atoms with Crippen LogP contribution in [0.25, 0.3) is 0 Å². The third-order valence-corrected chi connectivity index (χ3v) is 3.14. The Morgan fingerprint density at radius 2 is 1.94 bits per heavy atom. The van der Waals surface area contributed by atoms with E-state index in [2.05, 4.69) is 22.6 Å². The fraction of sp³-hybridized carbons (Fsp3) is 0.800. The molecule has 1 unspecified atom stereocenters. The average Bonchev–Trinajstić information content (AvgIpc) is 2.20. The molecule has 1 aliphatic rings. The van der Waals surface area contributed by atoms with E-state index in [9.17, 15) is 14.7 Å². The molecule has 1 heterocycles. The maximum atomic E-state index is 11.0. The van der Waals surface area contributed by atoms with Crippen LogP contribution in [-0.4, -0.2) is 46.1 Å². The molecular weight excluding hydrogens is 343 g/mol. The van der Waals surface area contributed by atoms with Gasteiger partial charge in [-0.3, -0.25) is 9.59 Å². The quantitative estimate of drug-likeness (QED) is 0.447. The van der Waals surface area contributed by atoms with Crippen LogP contribution in [0.2, 0.25) is 0 Å². The predicted molar refractivity (Wildman–Crippen MR) is 65.5 cm³/mol. The number of aliphatic hydroxyl groups excluding tert-OH is 1. The molecule has 7 heteroatoms. The van der Waals surface area contributed by atoms with Gasteiger partial charge in [-0.1, -0.05) is 22.6 Å². The summed E-state index contributed by atoms with van der Waals surface area (Å²) in [6, 6.07) is 0. The van der Waals surface area contributed by atoms with Crippen molar-refractivity contribution < 1.29 is 28.9 Å². The van der Waals surface area contributed by atoms with Gasteiger partial charge in [0, 0.05) is 24.7 Å². The van der Waals surface area contributed by atoms with Crippen LogP contribution in [0, 0.1) is 0 Å². The zero-order valence-corrected chi connectivity index (χ0v) is 11.7. The van der Waals surface area contributed by atoms with Gasteiger partial charge in [0.15, 0.2) is 12.4 Å². The van der Waals surface area contributed by atoms with Crippen LogP contribution in [0.5, 0.6) is 0 Å². The summed E-state index contributed by atoms with van der Waals surface area (Å²) < 4.78 is 15.9. The predicted octanol–water partition coefficient (Wildman–Crippen LogP) is 0.392. The highest BCUT2D eigenvalue weighted by Crippen LogP contribution is 2.25. The van der Waals surface area contributed by atoms with E-state index in [0.29, 0.717) is 4.43 Å². The van der Waals surface area contributed by atoms with Gasteiger partial charge < -0.3 is 19.3 Å². The second-order valence-corrected chi connectivity index (χ2v) is 4.62. The van der Waals surface area contributed by atoms with Crippen LogP contribution in [0.4, 0.5) is 0 Å². The van der Waals surface area contributed by atoms with Crippen LogP contribution in [0.1, 0.15) is 20.3 Å². The first-order valence-electron chi connectivity index (χ1n) is 5.18. The monoisotopic (exact) mass is 358 g/mol. The molecule has 1 rings (SSSR count). The van der Waals surface area contributed by atoms with E-state index < -0.39 is 36.5 Å². The number of alkyl halides is 1. The number of aliphatic hydroxyl groups is 1. The molecule has 0 saturated carbocycles. The molecule has 1 N–H and O–H groups in total. The highest BCUT2D eigenvalue weighted by molar-refractivity contribution is 14.1. The van der Waals surface area contributed by atoms with E-state index in [-0.39, 0.29) is 6.42 Å². The molecule has 17 heavy (non-hydrogen) atoms. The number of rotatable bonds is 3. The summed E-state index contributed by atoms with van der Waals surface area (Å²) in [5.41, 5.74) is 0. The van der Waals surface area contributed by atoms with Crippen LogP contribution >= 0.6 is 22.6 Å². The topological polar surface area (TPSA) is 82.1 Å². The summed E-state index contributed by atoms with van der Waals surface area (Å²) in [5, 5.41) is 9.49. The summed E-state index contributed by atoms with van der Waals surface area (Å²) in [5.74, 6) is -0.949. The molecule has 0 aromatic rings. The average molecular weight is 358 g/mol. The first kappa shape index (κ1) is 14.7. The van der Waals surface area contributed by atoms with Gasteiger partial charge in [-0.15, -0.1) is 0 Å². The van der Waals surface area contributed by atoms with Gasteiger partial charge in [-0.05, 0) is 0 Å². The van der Waals surface area contributed by atoms with Crippen molar-refractivity contribution in [2.75, 3.05) is 4.43 Å². The minimum Gasteiger partial charge on any atom is -0.458 e. The Morgan fingerprint density at radius 3 is 2.41 bits per heavy atom. The summed E-state index contributed by atoms with van der Waals surface area (Å²) in [6.07, 6.45) is -2.72. The Balaban J connectivity index is 2.78. The summed E-state index contributed by atoms with van der Waals surface area (Å²) in [7, 11) is 0. The SMILES string of the molecule is CC(=O)O[C@H]1[C@H](OC(C)=O)CC(O)O[C@@H]1CI. The van der Waals surface area contributed by atoms with Crippen molar-refractivity contribution in [1.82, 2.24) is 0 Å². The number of ether oxygens (including phenoxy) is 3. The van der Waals surface area contributed by atoms with Crippen molar-refractivity contribution in [3.05, 3.63) is 0 Å². The lowest BCUT2D eigenvalue weighted by molar-refractivity contribution is -0.239. The van der Waals surface area contributed by atoms with Crippen molar-refractivity contribution in [1.29, 1.82) is 0 Å². The third kappa shape index (κ3) is 4.40. The van der Waals surface area contributed by atoms with E-state index in [4.69, 9.17) is 14.2 Å². The molecule has 0 amide bonds. The number of carbonyl (C=O) groups is 2. The van der Waals surface area contributed by atoms with Crippen molar-refractivity contribution in [3.63, 3.8) is 0 Å². The maximum Gasteiger partial charge on any atom is 0.303 e. The molecule has 1 saturated heterocycles. The van der Waals surface area contributed by atoms with Crippen molar-refractivity contribution in [3.8, 4) is 0 Å². The molecule has 0 aliphatic carbocycles. The lowest BCUT2D eigenvalue weighted by Crippen LogP contribution is -2.52. The number of esters is 2. The fourth-order valence-corrected chi connectivity index (χ4v) is 2.41. The zero-order chi connectivity index (χ0) is 13.0. The van der Waals surface area contributed by atoms with Gasteiger partial charge in [0.2, 0.25) is 0 Å². The second-order valence-electron chi connectivity index (χ2n) is 3.74. The first-order chi connectivity index (χ1) is 7.93. The van der Waals surface area contributed by atoms with E-state index in [1.54, 1.807) is 0 Å². The summed E-state index contributed by atoms with van der Waals surface area (Å²) in [6.45, 7) is 2.55. The van der Waals surface area contributed by atoms with Gasteiger partial charge in [0.05, 0.1) is 0 Å². The molecule has 1 aliphatic heterocycles. The fourth-order valence-electron chi connectivity index (χ4n) is 1.70. The Bertz CT molecular complexity index is 295. The Labute approximate surface area is 113 Å². The number of hydrogen-bond donors (Lipinski definition) is 1. The zero-order valence-electron chi connectivity index (χ0n) is 9.59. The normalized spacial score (nSPS) is 32.9. The summed E-state index contributed by atoms with van der Waals surface area (Å²) in [4.78, 5) is 22.0. The van der Waals surface area contributed by atoms with Gasteiger partial charge in [-0.25, -0.2) is 0 Å². The first-order valence-corrected chi connectivity index (χ1v) is 6.70. The molecule has 6 nitrogen and oxygen atoms in total. The molecular formula is C10H15IO6. The molecule has 0 aromatic carbocycles. The van der Waals surface area contributed by atoms with Crippen LogP contribution in [0.15, 0.2) is 0 Å². The van der Waals surface area contributed by atoms with E-state index in [0.717, 1.165) is 0 Å². The van der Waals surface area contributed by atoms with Crippen LogP contribution in [0.3, 0.4) is 0 Å².